The van der Waals surface area contributed by atoms with Crippen molar-refractivity contribution in [2.45, 2.75) is 6.92 Å². The molecule has 0 aliphatic rings. The van der Waals surface area contributed by atoms with Crippen molar-refractivity contribution in [2.24, 2.45) is 5.10 Å². The van der Waals surface area contributed by atoms with E-state index in [-0.39, 0.29) is 17.1 Å². The van der Waals surface area contributed by atoms with Crippen molar-refractivity contribution in [3.8, 4) is 5.75 Å². The van der Waals surface area contributed by atoms with Gasteiger partial charge in [-0.2, -0.15) is 9.78 Å². The van der Waals surface area contributed by atoms with E-state index in [1.54, 1.807) is 24.3 Å². The fourth-order valence-electron chi connectivity index (χ4n) is 3.54. The Kier molecular flexibility index (Phi) is 4.95. The van der Waals surface area contributed by atoms with Gasteiger partial charge in [-0.1, -0.05) is 42.0 Å². The average Bonchev–Trinajstić information content (AvgIpc) is 3.08. The minimum atomic E-state index is -0.414. The van der Waals surface area contributed by atoms with Crippen LogP contribution in [0, 0.1) is 6.92 Å². The molecule has 0 saturated heterocycles. The Morgan fingerprint density at radius 1 is 1.00 bits per heavy atom. The maximum atomic E-state index is 13.2. The summed E-state index contributed by atoms with van der Waals surface area (Å²) in [7, 11) is 0. The second-order valence-electron chi connectivity index (χ2n) is 7.58. The number of nitrogens with one attached hydrogen (secondary N) is 1. The topological polar surface area (TPSA) is 118 Å². The molecule has 0 bridgehead atoms. The number of aromatic nitrogens is 3. The van der Waals surface area contributed by atoms with Gasteiger partial charge in [-0.3, -0.25) is 4.79 Å². The molecule has 0 atom stereocenters. The number of fused-ring (bicyclic) bond motifs is 2. The van der Waals surface area contributed by atoms with Crippen molar-refractivity contribution in [3.63, 3.8) is 0 Å². The molecule has 0 radical (unpaired) electrons. The summed E-state index contributed by atoms with van der Waals surface area (Å²) in [6, 6.07) is 21.6. The molecule has 33 heavy (non-hydrogen) atoms. The molecule has 2 aromatic heterocycles. The van der Waals surface area contributed by atoms with Crippen LogP contribution in [0.3, 0.4) is 0 Å². The van der Waals surface area contributed by atoms with Crippen molar-refractivity contribution in [1.82, 2.24) is 14.6 Å². The number of nitrogens with two attached hydrogens (primary N) is 1. The summed E-state index contributed by atoms with van der Waals surface area (Å²) in [6.45, 7) is 1.97. The van der Waals surface area contributed by atoms with Gasteiger partial charge in [-0.05, 0) is 43.3 Å². The molecule has 8 heteroatoms. The van der Waals surface area contributed by atoms with Gasteiger partial charge in [0.05, 0.1) is 17.2 Å². The maximum Gasteiger partial charge on any atom is 0.261 e. The van der Waals surface area contributed by atoms with Crippen LogP contribution in [0.1, 0.15) is 21.5 Å². The highest BCUT2D eigenvalue weighted by molar-refractivity contribution is 6.16. The minimum absolute atomic E-state index is 0.0742. The molecule has 3 aromatic carbocycles. The zero-order valence-electron chi connectivity index (χ0n) is 17.7. The van der Waals surface area contributed by atoms with Crippen molar-refractivity contribution in [1.29, 1.82) is 0 Å². The molecule has 8 nitrogen and oxygen atoms in total. The molecule has 5 rings (SSSR count). The van der Waals surface area contributed by atoms with E-state index in [0.29, 0.717) is 33.4 Å². The molecule has 162 valence electrons. The van der Waals surface area contributed by atoms with Crippen LogP contribution in [-0.4, -0.2) is 31.9 Å². The Morgan fingerprint density at radius 3 is 2.39 bits per heavy atom. The van der Waals surface area contributed by atoms with E-state index in [1.165, 1.54) is 10.9 Å². The van der Waals surface area contributed by atoms with Crippen molar-refractivity contribution in [3.05, 3.63) is 89.5 Å². The van der Waals surface area contributed by atoms with Crippen LogP contribution in [0.15, 0.2) is 77.9 Å². The van der Waals surface area contributed by atoms with Crippen LogP contribution in [0.25, 0.3) is 22.2 Å². The van der Waals surface area contributed by atoms with Gasteiger partial charge in [-0.25, -0.2) is 9.97 Å². The van der Waals surface area contributed by atoms with Gasteiger partial charge in [0.1, 0.15) is 22.6 Å². The summed E-state index contributed by atoms with van der Waals surface area (Å²) in [5.74, 6) is -0.246. The number of rotatable bonds is 4. The molecular formula is C25H20N6O2. The normalized spacial score (nSPS) is 11.4. The van der Waals surface area contributed by atoms with Crippen LogP contribution in [0.5, 0.6) is 5.75 Å². The number of para-hydroxylation sites is 3. The maximum absolute atomic E-state index is 13.2. The first-order valence-corrected chi connectivity index (χ1v) is 10.3. The molecular weight excluding hydrogens is 416 g/mol. The lowest BCUT2D eigenvalue weighted by Gasteiger charge is -2.06. The highest BCUT2D eigenvalue weighted by Crippen LogP contribution is 2.29. The van der Waals surface area contributed by atoms with Crippen molar-refractivity contribution < 1.29 is 9.90 Å². The number of hydrogen-bond donors (Lipinski definition) is 3. The number of nitrogen functional groups attached to an aromatic ring is 1. The summed E-state index contributed by atoms with van der Waals surface area (Å²) in [4.78, 5) is 22.6. The van der Waals surface area contributed by atoms with Crippen LogP contribution < -0.4 is 11.1 Å². The zero-order chi connectivity index (χ0) is 22.9. The quantitative estimate of drug-likeness (QED) is 0.363. The summed E-state index contributed by atoms with van der Waals surface area (Å²) >= 11 is 0. The Balaban J connectivity index is 1.67. The average molecular weight is 436 g/mol. The third kappa shape index (κ3) is 3.74. The highest BCUT2D eigenvalue weighted by Gasteiger charge is 2.24. The van der Waals surface area contributed by atoms with Crippen molar-refractivity contribution >= 4 is 45.8 Å². The summed E-state index contributed by atoms with van der Waals surface area (Å²) < 4.78 is 1.37. The number of carbonyl (C=O) groups excluding carboxylic acids is 1. The summed E-state index contributed by atoms with van der Waals surface area (Å²) in [5, 5.41) is 17.4. The van der Waals surface area contributed by atoms with E-state index < -0.39 is 5.91 Å². The summed E-state index contributed by atoms with van der Waals surface area (Å²) in [5.41, 5.74) is 10.8. The molecule has 5 aromatic rings. The third-order valence-corrected chi connectivity index (χ3v) is 5.26. The largest absolute Gasteiger partial charge is 0.507 e. The molecule has 0 fully saturated rings. The van der Waals surface area contributed by atoms with E-state index in [9.17, 15) is 9.90 Å². The van der Waals surface area contributed by atoms with E-state index in [2.05, 4.69) is 20.4 Å². The van der Waals surface area contributed by atoms with Crippen LogP contribution >= 0.6 is 0 Å². The number of anilines is 2. The number of aromatic hydroxyl groups is 1. The van der Waals surface area contributed by atoms with E-state index in [1.807, 2.05) is 55.5 Å². The number of hydrogen-bond acceptors (Lipinski definition) is 6. The lowest BCUT2D eigenvalue weighted by molar-refractivity contribution is 0.102. The molecule has 2 heterocycles. The van der Waals surface area contributed by atoms with Gasteiger partial charge in [-0.15, -0.1) is 0 Å². The number of benzene rings is 3. The number of aryl methyl sites for hydroxylation is 1. The predicted molar refractivity (Wildman–Crippen MR) is 130 cm³/mol. The smallest absolute Gasteiger partial charge is 0.261 e. The Morgan fingerprint density at radius 2 is 1.67 bits per heavy atom. The number of phenolic OH excluding ortho intramolecular Hbond substituents is 1. The molecule has 1 amide bonds. The predicted octanol–water partition coefficient (Wildman–Crippen LogP) is 4.32. The first-order valence-electron chi connectivity index (χ1n) is 10.3. The van der Waals surface area contributed by atoms with Crippen LogP contribution in [0.4, 0.5) is 11.5 Å². The monoisotopic (exact) mass is 436 g/mol. The van der Waals surface area contributed by atoms with Gasteiger partial charge in [0.15, 0.2) is 5.65 Å². The number of nitrogens with zero attached hydrogens (tertiary/aromatic N) is 4. The first-order chi connectivity index (χ1) is 16.0. The molecule has 0 spiro atoms. The van der Waals surface area contributed by atoms with Crippen LogP contribution in [-0.2, 0) is 0 Å². The van der Waals surface area contributed by atoms with Gasteiger partial charge < -0.3 is 16.2 Å². The molecule has 0 saturated carbocycles. The first kappa shape index (κ1) is 20.2. The standard InChI is InChI=1S/C25H20N6O2/c1-15-10-12-17(13-11-15)28-25(33)21-22-24(30-19-8-4-3-7-18(19)29-22)31(23(21)26)27-14-16-6-2-5-9-20(16)32/h2-14,32H,26H2,1H3,(H,28,33)/b27-14+. The van der Waals surface area contributed by atoms with E-state index in [4.69, 9.17) is 5.73 Å². The van der Waals surface area contributed by atoms with E-state index >= 15 is 0 Å². The Labute approximate surface area is 189 Å². The molecule has 0 aliphatic heterocycles. The number of amides is 1. The fraction of sp³-hybridized carbons (Fsp3) is 0.0400. The Hall–Kier alpha value is -4.72. The lowest BCUT2D eigenvalue weighted by atomic mass is 10.2. The van der Waals surface area contributed by atoms with Gasteiger partial charge in [0.25, 0.3) is 5.91 Å². The molecule has 0 aliphatic carbocycles. The zero-order valence-corrected chi connectivity index (χ0v) is 17.7. The molecule has 0 unspecified atom stereocenters. The fourth-order valence-corrected chi connectivity index (χ4v) is 3.54. The second kappa shape index (κ2) is 8.08. The second-order valence-corrected chi connectivity index (χ2v) is 7.58. The van der Waals surface area contributed by atoms with Crippen LogP contribution in [0.2, 0.25) is 0 Å². The van der Waals surface area contributed by atoms with Crippen molar-refractivity contribution in [2.75, 3.05) is 11.1 Å². The highest BCUT2D eigenvalue weighted by atomic mass is 16.3. The summed E-state index contributed by atoms with van der Waals surface area (Å²) in [6.07, 6.45) is 1.46. The van der Waals surface area contributed by atoms with Gasteiger partial charge in [0, 0.05) is 11.3 Å². The Bertz CT molecular complexity index is 1540. The van der Waals surface area contributed by atoms with E-state index in [0.717, 1.165) is 5.56 Å². The number of carbonyl (C=O) groups is 1. The SMILES string of the molecule is Cc1ccc(NC(=O)c2c(N)n(/N=C/c3ccccc3O)c3nc4ccccc4nc23)cc1. The minimum Gasteiger partial charge on any atom is -0.507 e. The number of phenols is 1. The van der Waals surface area contributed by atoms with Gasteiger partial charge >= 0.3 is 0 Å². The lowest BCUT2D eigenvalue weighted by Crippen LogP contribution is -2.14. The molecule has 4 N–H and O–H groups in total. The van der Waals surface area contributed by atoms with Gasteiger partial charge in [0.2, 0.25) is 0 Å². The third-order valence-electron chi connectivity index (χ3n) is 5.26.